The lowest BCUT2D eigenvalue weighted by molar-refractivity contribution is 0.476. The molecule has 70 valence electrons. The third-order valence-corrected chi connectivity index (χ3v) is 3.08. The maximum atomic E-state index is 9.49. The highest BCUT2D eigenvalue weighted by molar-refractivity contribution is 7.27. The molecule has 2 unspecified atom stereocenters. The van der Waals surface area contributed by atoms with E-state index in [-0.39, 0.29) is 0 Å². The van der Waals surface area contributed by atoms with Crippen LogP contribution in [0.25, 0.3) is 0 Å². The van der Waals surface area contributed by atoms with E-state index in [4.69, 9.17) is 5.73 Å². The minimum atomic E-state index is 0.293. The van der Waals surface area contributed by atoms with Gasteiger partial charge < -0.3 is 10.8 Å². The minimum absolute atomic E-state index is 0.293. The van der Waals surface area contributed by atoms with Crippen molar-refractivity contribution in [3.63, 3.8) is 0 Å². The van der Waals surface area contributed by atoms with E-state index in [0.717, 1.165) is 24.6 Å². The van der Waals surface area contributed by atoms with Crippen LogP contribution in [-0.2, 0) is 12.8 Å². The lowest BCUT2D eigenvalue weighted by Gasteiger charge is -2.22. The number of phenols is 1. The van der Waals surface area contributed by atoms with Gasteiger partial charge in [0.05, 0.1) is 0 Å². The van der Waals surface area contributed by atoms with Gasteiger partial charge in [-0.1, -0.05) is 0 Å². The summed E-state index contributed by atoms with van der Waals surface area (Å²) < 4.78 is 0. The summed E-state index contributed by atoms with van der Waals surface area (Å²) in [6.07, 6.45) is 2.97. The minimum Gasteiger partial charge on any atom is -0.507 e. The largest absolute Gasteiger partial charge is 0.507 e. The zero-order chi connectivity index (χ0) is 9.42. The fourth-order valence-electron chi connectivity index (χ4n) is 1.84. The number of aromatic hydroxyl groups is 1. The zero-order valence-corrected chi connectivity index (χ0v) is 8.61. The number of nitrogens with two attached hydrogens (primary N) is 1. The van der Waals surface area contributed by atoms with Crippen LogP contribution in [0.2, 0.25) is 0 Å². The van der Waals surface area contributed by atoms with Gasteiger partial charge in [0.2, 0.25) is 0 Å². The zero-order valence-electron chi connectivity index (χ0n) is 7.46. The second-order valence-electron chi connectivity index (χ2n) is 3.68. The van der Waals surface area contributed by atoms with Gasteiger partial charge in [0, 0.05) is 11.3 Å². The molecule has 0 saturated carbocycles. The van der Waals surface area contributed by atoms with E-state index in [1.54, 1.807) is 0 Å². The van der Waals surface area contributed by atoms with Crippen LogP contribution in [0.1, 0.15) is 17.5 Å². The van der Waals surface area contributed by atoms with Crippen LogP contribution in [0.4, 0.5) is 0 Å². The predicted octanol–water partition coefficient (Wildman–Crippen LogP) is 0.709. The van der Waals surface area contributed by atoms with Crippen molar-refractivity contribution in [2.75, 3.05) is 0 Å². The van der Waals surface area contributed by atoms with E-state index in [1.807, 2.05) is 12.1 Å². The number of fused-ring (bicyclic) bond motifs is 1. The second kappa shape index (κ2) is 3.28. The Morgan fingerprint density at radius 3 is 2.92 bits per heavy atom. The van der Waals surface area contributed by atoms with Gasteiger partial charge in [-0.25, -0.2) is 0 Å². The molecule has 0 fully saturated rings. The van der Waals surface area contributed by atoms with Crippen molar-refractivity contribution in [1.29, 1.82) is 0 Å². The molecule has 2 rings (SSSR count). The topological polar surface area (TPSA) is 46.2 Å². The molecule has 2 atom stereocenters. The summed E-state index contributed by atoms with van der Waals surface area (Å²) in [5, 5.41) is 10.4. The van der Waals surface area contributed by atoms with E-state index >= 15 is 0 Å². The molecule has 0 saturated heterocycles. The predicted molar refractivity (Wildman–Crippen MR) is 57.5 cm³/mol. The second-order valence-corrected chi connectivity index (χ2v) is 4.30. The van der Waals surface area contributed by atoms with Crippen LogP contribution in [-0.4, -0.2) is 11.1 Å². The number of phenolic OH excluding ortho intramolecular Hbond substituents is 1. The van der Waals surface area contributed by atoms with Gasteiger partial charge in [0.1, 0.15) is 5.75 Å². The summed E-state index contributed by atoms with van der Waals surface area (Å²) in [5.74, 6) is 0.374. The van der Waals surface area contributed by atoms with Gasteiger partial charge in [0.25, 0.3) is 0 Å². The molecule has 0 bridgehead atoms. The molecule has 2 nitrogen and oxygen atoms in total. The van der Waals surface area contributed by atoms with Crippen LogP contribution in [0.3, 0.4) is 0 Å². The quantitative estimate of drug-likeness (QED) is 0.599. The summed E-state index contributed by atoms with van der Waals surface area (Å²) in [4.78, 5) is 0. The molecule has 13 heavy (non-hydrogen) atoms. The van der Waals surface area contributed by atoms with Gasteiger partial charge in [-0.05, 0) is 42.5 Å². The Labute approximate surface area is 80.3 Å². The summed E-state index contributed by atoms with van der Waals surface area (Å²) in [7, 11) is 2.54. The standard InChI is InChI=1S/C10H14NOP/c11-8-2-1-6-4-9(12)10(13)5-7(6)3-8/h4-5,8,12H,1-3,11,13H2. The molecule has 0 aromatic heterocycles. The van der Waals surface area contributed by atoms with Gasteiger partial charge in [-0.2, -0.15) is 0 Å². The van der Waals surface area contributed by atoms with Crippen molar-refractivity contribution in [1.82, 2.24) is 0 Å². The highest BCUT2D eigenvalue weighted by atomic mass is 31.0. The SMILES string of the molecule is NC1CCc2cc(O)c(P)cc2C1. The number of hydrogen-bond acceptors (Lipinski definition) is 2. The molecule has 1 aromatic rings. The highest BCUT2D eigenvalue weighted by Gasteiger charge is 2.16. The number of rotatable bonds is 0. The first-order chi connectivity index (χ1) is 6.16. The van der Waals surface area contributed by atoms with Crippen LogP contribution in [0.5, 0.6) is 5.75 Å². The van der Waals surface area contributed by atoms with Gasteiger partial charge in [-0.15, -0.1) is 9.24 Å². The molecule has 3 heteroatoms. The van der Waals surface area contributed by atoms with E-state index in [2.05, 4.69) is 9.24 Å². The van der Waals surface area contributed by atoms with Gasteiger partial charge in [0.15, 0.2) is 0 Å². The maximum absolute atomic E-state index is 9.49. The Hall–Kier alpha value is -0.590. The first-order valence-electron chi connectivity index (χ1n) is 4.52. The Bertz CT molecular complexity index is 338. The fraction of sp³-hybridized carbons (Fsp3) is 0.400. The van der Waals surface area contributed by atoms with E-state index in [0.29, 0.717) is 11.8 Å². The van der Waals surface area contributed by atoms with E-state index < -0.39 is 0 Å². The van der Waals surface area contributed by atoms with Crippen LogP contribution in [0.15, 0.2) is 12.1 Å². The molecule has 0 aliphatic heterocycles. The average Bonchev–Trinajstić information content (AvgIpc) is 2.08. The molecule has 3 N–H and O–H groups in total. The Balaban J connectivity index is 2.43. The van der Waals surface area contributed by atoms with Crippen molar-refractivity contribution in [2.24, 2.45) is 5.73 Å². The smallest absolute Gasteiger partial charge is 0.122 e. The molecular weight excluding hydrogens is 181 g/mol. The lowest BCUT2D eigenvalue weighted by atomic mass is 9.89. The average molecular weight is 195 g/mol. The Morgan fingerprint density at radius 2 is 2.15 bits per heavy atom. The fourth-order valence-corrected chi connectivity index (χ4v) is 2.13. The summed E-state index contributed by atoms with van der Waals surface area (Å²) in [6.45, 7) is 0. The van der Waals surface area contributed by atoms with Crippen molar-refractivity contribution < 1.29 is 5.11 Å². The molecule has 0 radical (unpaired) electrons. The van der Waals surface area contributed by atoms with Gasteiger partial charge >= 0.3 is 0 Å². The van der Waals surface area contributed by atoms with E-state index in [9.17, 15) is 5.11 Å². The summed E-state index contributed by atoms with van der Waals surface area (Å²) >= 11 is 0. The molecule has 1 aliphatic carbocycles. The molecule has 0 spiro atoms. The highest BCUT2D eigenvalue weighted by Crippen LogP contribution is 2.24. The molecule has 0 amide bonds. The summed E-state index contributed by atoms with van der Waals surface area (Å²) in [6, 6.07) is 4.18. The Morgan fingerprint density at radius 1 is 1.38 bits per heavy atom. The maximum Gasteiger partial charge on any atom is 0.122 e. The molecular formula is C10H14NOP. The number of benzene rings is 1. The monoisotopic (exact) mass is 195 g/mol. The number of hydrogen-bond donors (Lipinski definition) is 2. The van der Waals surface area contributed by atoms with Crippen molar-refractivity contribution >= 4 is 14.5 Å². The third-order valence-electron chi connectivity index (χ3n) is 2.62. The molecule has 1 aliphatic rings. The van der Waals surface area contributed by atoms with E-state index in [1.165, 1.54) is 11.1 Å². The van der Waals surface area contributed by atoms with Crippen LogP contribution >= 0.6 is 9.24 Å². The van der Waals surface area contributed by atoms with Gasteiger partial charge in [-0.3, -0.25) is 0 Å². The summed E-state index contributed by atoms with van der Waals surface area (Å²) in [5.41, 5.74) is 8.42. The Kier molecular flexibility index (Phi) is 2.27. The lowest BCUT2D eigenvalue weighted by Crippen LogP contribution is -2.28. The van der Waals surface area contributed by atoms with Crippen molar-refractivity contribution in [3.05, 3.63) is 23.3 Å². The third kappa shape index (κ3) is 1.70. The number of aryl methyl sites for hydroxylation is 1. The van der Waals surface area contributed by atoms with Crippen molar-refractivity contribution in [3.8, 4) is 5.75 Å². The first-order valence-corrected chi connectivity index (χ1v) is 5.10. The first kappa shape index (κ1) is 8.98. The molecule has 1 aromatic carbocycles. The van der Waals surface area contributed by atoms with Crippen LogP contribution in [0, 0.1) is 0 Å². The normalized spacial score (nSPS) is 21.2. The molecule has 0 heterocycles. The van der Waals surface area contributed by atoms with Crippen LogP contribution < -0.4 is 11.0 Å². The van der Waals surface area contributed by atoms with Crippen molar-refractivity contribution in [2.45, 2.75) is 25.3 Å².